The number of imide groups is 1. The fourth-order valence-corrected chi connectivity index (χ4v) is 10.2. The summed E-state index contributed by atoms with van der Waals surface area (Å²) in [7, 11) is 0. The van der Waals surface area contributed by atoms with Gasteiger partial charge in [-0.3, -0.25) is 24.1 Å². The van der Waals surface area contributed by atoms with Gasteiger partial charge in [0.15, 0.2) is 0 Å². The maximum absolute atomic E-state index is 13.7. The third-order valence-electron chi connectivity index (χ3n) is 8.78. The number of aromatic nitrogens is 1. The van der Waals surface area contributed by atoms with Crippen LogP contribution in [0.1, 0.15) is 29.2 Å². The fourth-order valence-electron chi connectivity index (χ4n) is 7.37. The average molecular weight is 566 g/mol. The van der Waals surface area contributed by atoms with Gasteiger partial charge in [-0.15, -0.1) is 11.8 Å². The summed E-state index contributed by atoms with van der Waals surface area (Å²) in [5.41, 5.74) is 1.18. The topological polar surface area (TPSA) is 120 Å². The molecule has 3 N–H and O–H groups in total. The first-order chi connectivity index (χ1) is 18.8. The number of carbonyl (C=O) groups is 3. The highest BCUT2D eigenvalue weighted by Gasteiger charge is 2.69. The van der Waals surface area contributed by atoms with E-state index in [9.17, 15) is 28.7 Å². The number of aromatic amines is 1. The van der Waals surface area contributed by atoms with Crippen molar-refractivity contribution in [2.24, 2.45) is 29.6 Å². The number of phenols is 1. The summed E-state index contributed by atoms with van der Waals surface area (Å²) < 4.78 is 13.1. The van der Waals surface area contributed by atoms with Gasteiger partial charge in [-0.1, -0.05) is 29.5 Å². The minimum Gasteiger partial charge on any atom is -0.508 e. The minimum absolute atomic E-state index is 0.00743. The Balaban J connectivity index is 1.15. The summed E-state index contributed by atoms with van der Waals surface area (Å²) in [4.78, 5) is 57.0. The predicted molar refractivity (Wildman–Crippen MR) is 143 cm³/mol. The van der Waals surface area contributed by atoms with Gasteiger partial charge in [-0.2, -0.15) is 0 Å². The summed E-state index contributed by atoms with van der Waals surface area (Å²) in [5.74, 6) is -2.33. The standard InChI is InChI=1S/C28H24FN3O5S2/c29-12-5-7-13(8-6-12)30-18(34)9-10-32-26(35)21-15-11-16(22(21)27(32)36)23-20(15)19(14-3-1-2-4-17(14)33)24-25(38-23)31-28(37)39-24/h1-8,15-16,19-23,33H,9-11H2,(H,30,34)(H,31,37). The zero-order valence-electron chi connectivity index (χ0n) is 20.5. The molecule has 7 unspecified atom stereocenters. The molecule has 4 aliphatic rings. The van der Waals surface area contributed by atoms with Gasteiger partial charge in [-0.05, 0) is 54.5 Å². The predicted octanol–water partition coefficient (Wildman–Crippen LogP) is 3.78. The Kier molecular flexibility index (Phi) is 5.71. The number of amides is 3. The number of thiazole rings is 1. The number of phenolic OH excluding ortho intramolecular Hbond substituents is 1. The van der Waals surface area contributed by atoms with Crippen molar-refractivity contribution in [3.8, 4) is 5.75 Å². The Bertz CT molecular complexity index is 1570. The molecular formula is C28H24FN3O5S2. The molecule has 8 nitrogen and oxygen atoms in total. The second-order valence-electron chi connectivity index (χ2n) is 10.7. The quantitative estimate of drug-likeness (QED) is 0.405. The number of nitrogens with zero attached hydrogens (tertiary/aromatic N) is 1. The van der Waals surface area contributed by atoms with E-state index in [1.54, 1.807) is 23.9 Å². The van der Waals surface area contributed by atoms with Crippen LogP contribution in [0.15, 0.2) is 58.4 Å². The number of halogens is 1. The van der Waals surface area contributed by atoms with Crippen LogP contribution in [0.4, 0.5) is 10.1 Å². The molecule has 1 aromatic heterocycles. The van der Waals surface area contributed by atoms with Crippen LogP contribution in [0.25, 0.3) is 0 Å². The van der Waals surface area contributed by atoms with Crippen molar-refractivity contribution in [3.63, 3.8) is 0 Å². The van der Waals surface area contributed by atoms with Crippen molar-refractivity contribution in [1.29, 1.82) is 0 Å². The maximum Gasteiger partial charge on any atom is 0.305 e. The Hall–Kier alpha value is -3.44. The number of para-hydroxylation sites is 1. The number of hydrogen-bond acceptors (Lipinski definition) is 7. The number of benzene rings is 2. The molecule has 3 heterocycles. The minimum atomic E-state index is -0.463. The molecule has 7 atom stereocenters. The van der Waals surface area contributed by atoms with E-state index >= 15 is 0 Å². The number of hydrogen-bond donors (Lipinski definition) is 3. The highest BCUT2D eigenvalue weighted by atomic mass is 32.2. The third kappa shape index (κ3) is 3.77. The van der Waals surface area contributed by atoms with Crippen LogP contribution < -0.4 is 10.2 Å². The third-order valence-corrected chi connectivity index (χ3v) is 11.4. The van der Waals surface area contributed by atoms with E-state index in [0.717, 1.165) is 33.2 Å². The monoisotopic (exact) mass is 565 g/mol. The molecule has 1 saturated heterocycles. The molecular weight excluding hydrogens is 541 g/mol. The molecule has 39 heavy (non-hydrogen) atoms. The number of fused-ring (bicyclic) bond motifs is 9. The molecule has 0 radical (unpaired) electrons. The van der Waals surface area contributed by atoms with Gasteiger partial charge < -0.3 is 15.4 Å². The molecule has 0 spiro atoms. The van der Waals surface area contributed by atoms with Gasteiger partial charge in [0.2, 0.25) is 17.7 Å². The molecule has 2 aliphatic heterocycles. The van der Waals surface area contributed by atoms with Gasteiger partial charge in [0.25, 0.3) is 0 Å². The number of anilines is 1. The van der Waals surface area contributed by atoms with Gasteiger partial charge in [0.1, 0.15) is 11.6 Å². The molecule has 3 amide bonds. The molecule has 7 rings (SSSR count). The first-order valence-corrected chi connectivity index (χ1v) is 14.6. The summed E-state index contributed by atoms with van der Waals surface area (Å²) in [5, 5.41) is 14.3. The molecule has 3 fully saturated rings. The van der Waals surface area contributed by atoms with Gasteiger partial charge in [-0.25, -0.2) is 4.39 Å². The van der Waals surface area contributed by atoms with Gasteiger partial charge >= 0.3 is 4.87 Å². The lowest BCUT2D eigenvalue weighted by atomic mass is 9.68. The van der Waals surface area contributed by atoms with E-state index in [0.29, 0.717) is 5.69 Å². The lowest BCUT2D eigenvalue weighted by Gasteiger charge is -2.43. The van der Waals surface area contributed by atoms with Crippen molar-refractivity contribution in [2.75, 3.05) is 11.9 Å². The Morgan fingerprint density at radius 1 is 1.05 bits per heavy atom. The number of rotatable bonds is 5. The van der Waals surface area contributed by atoms with Crippen LogP contribution >= 0.6 is 23.1 Å². The largest absolute Gasteiger partial charge is 0.508 e. The van der Waals surface area contributed by atoms with Crippen LogP contribution in [0.5, 0.6) is 5.75 Å². The van der Waals surface area contributed by atoms with E-state index in [2.05, 4.69) is 10.3 Å². The zero-order valence-corrected chi connectivity index (χ0v) is 22.1. The van der Waals surface area contributed by atoms with E-state index in [4.69, 9.17) is 0 Å². The second-order valence-corrected chi connectivity index (χ2v) is 12.9. The van der Waals surface area contributed by atoms with Crippen molar-refractivity contribution in [3.05, 3.63) is 74.5 Å². The number of aromatic hydroxyl groups is 1. The summed E-state index contributed by atoms with van der Waals surface area (Å²) >= 11 is 2.74. The van der Waals surface area contributed by atoms with Crippen molar-refractivity contribution in [2.45, 2.75) is 29.0 Å². The molecule has 3 aromatic rings. The summed E-state index contributed by atoms with van der Waals surface area (Å²) in [6.07, 6.45) is 0.696. The highest BCUT2D eigenvalue weighted by molar-refractivity contribution is 8.00. The Labute approximate surface area is 230 Å². The molecule has 2 saturated carbocycles. The van der Waals surface area contributed by atoms with Gasteiger partial charge in [0, 0.05) is 40.3 Å². The molecule has 200 valence electrons. The Morgan fingerprint density at radius 2 is 1.77 bits per heavy atom. The first-order valence-electron chi connectivity index (χ1n) is 12.9. The molecule has 2 aromatic carbocycles. The normalized spacial score (nSPS) is 30.3. The number of nitrogens with one attached hydrogen (secondary N) is 2. The van der Waals surface area contributed by atoms with Crippen LogP contribution in [-0.2, 0) is 14.4 Å². The number of likely N-dealkylation sites (tertiary alicyclic amines) is 1. The SMILES string of the molecule is O=C(CCN1C(=O)C2C3CC(C2C1=O)C1C(c2ccccc2O)c2sc(=O)[nH]c2SC31)Nc1ccc(F)cc1. The smallest absolute Gasteiger partial charge is 0.305 e. The van der Waals surface area contributed by atoms with Crippen LogP contribution in [0.2, 0.25) is 0 Å². The van der Waals surface area contributed by atoms with E-state index < -0.39 is 17.7 Å². The molecule has 2 bridgehead atoms. The van der Waals surface area contributed by atoms with Crippen molar-refractivity contribution in [1.82, 2.24) is 9.88 Å². The van der Waals surface area contributed by atoms with E-state index in [1.807, 2.05) is 12.1 Å². The first kappa shape index (κ1) is 24.6. The Morgan fingerprint density at radius 3 is 2.51 bits per heavy atom. The number of carbonyl (C=O) groups excluding carboxylic acids is 3. The molecule has 2 aliphatic carbocycles. The second kappa shape index (κ2) is 9.06. The van der Waals surface area contributed by atoms with Crippen molar-refractivity contribution < 1.29 is 23.9 Å². The highest BCUT2D eigenvalue weighted by Crippen LogP contribution is 2.68. The number of thioether (sulfide) groups is 1. The maximum atomic E-state index is 13.7. The van der Waals surface area contributed by atoms with Gasteiger partial charge in [0.05, 0.1) is 16.9 Å². The van der Waals surface area contributed by atoms with Crippen LogP contribution in [0.3, 0.4) is 0 Å². The van der Waals surface area contributed by atoms with E-state index in [-0.39, 0.29) is 70.2 Å². The lowest BCUT2D eigenvalue weighted by Crippen LogP contribution is -2.42. The van der Waals surface area contributed by atoms with E-state index in [1.165, 1.54) is 29.2 Å². The van der Waals surface area contributed by atoms with Crippen molar-refractivity contribution >= 4 is 46.5 Å². The van der Waals surface area contributed by atoms with Crippen LogP contribution in [0, 0.1) is 35.4 Å². The average Bonchev–Trinajstić information content (AvgIpc) is 3.64. The van der Waals surface area contributed by atoms with Crippen LogP contribution in [-0.4, -0.2) is 44.5 Å². The molecule has 11 heteroatoms. The fraction of sp³-hybridized carbons (Fsp3) is 0.357. The zero-order chi connectivity index (χ0) is 27.0. The number of H-pyrrole nitrogens is 1. The summed E-state index contributed by atoms with van der Waals surface area (Å²) in [6.45, 7) is -0.0107. The lowest BCUT2D eigenvalue weighted by molar-refractivity contribution is -0.141. The summed E-state index contributed by atoms with van der Waals surface area (Å²) in [6, 6.07) is 12.5.